The van der Waals surface area contributed by atoms with Gasteiger partial charge in [0.25, 0.3) is 0 Å². The molecule has 0 aliphatic carbocycles. The second-order valence-corrected chi connectivity index (χ2v) is 6.41. The smallest absolute Gasteiger partial charge is 0.321 e. The highest BCUT2D eigenvalue weighted by Crippen LogP contribution is 2.30. The molecule has 0 unspecified atom stereocenters. The third-order valence-corrected chi connectivity index (χ3v) is 5.15. The van der Waals surface area contributed by atoms with E-state index >= 15 is 0 Å². The van der Waals surface area contributed by atoms with E-state index in [0.717, 1.165) is 35.5 Å². The molecule has 0 spiro atoms. The van der Waals surface area contributed by atoms with E-state index in [1.54, 1.807) is 6.07 Å². The molecular weight excluding hydrogens is 336 g/mol. The maximum absolute atomic E-state index is 12.1. The first kappa shape index (κ1) is 14.0. The summed E-state index contributed by atoms with van der Waals surface area (Å²) in [5, 5.41) is 3.49. The van der Waals surface area contributed by atoms with Gasteiger partial charge < -0.3 is 10.2 Å². The van der Waals surface area contributed by atoms with E-state index in [0.29, 0.717) is 10.7 Å². The number of benzene rings is 1. The molecule has 1 heterocycles. The highest BCUT2D eigenvalue weighted by Gasteiger charge is 2.16. The van der Waals surface area contributed by atoms with Crippen LogP contribution in [0.1, 0.15) is 6.42 Å². The van der Waals surface area contributed by atoms with Crippen molar-refractivity contribution >= 4 is 51.0 Å². The summed E-state index contributed by atoms with van der Waals surface area (Å²) in [6, 6.07) is 5.38. The minimum atomic E-state index is -0.0551. The predicted molar refractivity (Wildman–Crippen MR) is 81.7 cm³/mol. The van der Waals surface area contributed by atoms with Gasteiger partial charge in [-0.1, -0.05) is 17.7 Å². The summed E-state index contributed by atoms with van der Waals surface area (Å²) < 4.78 is 0.726. The van der Waals surface area contributed by atoms with Crippen LogP contribution in [-0.2, 0) is 0 Å². The Labute approximate surface area is 124 Å². The summed E-state index contributed by atoms with van der Waals surface area (Å²) >= 11 is 11.3. The lowest BCUT2D eigenvalue weighted by Gasteiger charge is -2.21. The third kappa shape index (κ3) is 3.56. The number of nitrogens with one attached hydrogen (secondary N) is 1. The van der Waals surface area contributed by atoms with Crippen molar-refractivity contribution in [1.29, 1.82) is 0 Å². The van der Waals surface area contributed by atoms with Crippen LogP contribution in [0.3, 0.4) is 0 Å². The first-order chi connectivity index (χ1) is 8.68. The van der Waals surface area contributed by atoms with Crippen LogP contribution in [0.2, 0.25) is 5.02 Å². The number of carbonyl (C=O) groups excluding carboxylic acids is 1. The maximum Gasteiger partial charge on any atom is 0.321 e. The van der Waals surface area contributed by atoms with Crippen molar-refractivity contribution in [2.45, 2.75) is 6.42 Å². The summed E-state index contributed by atoms with van der Waals surface area (Å²) in [6.45, 7) is 1.62. The molecule has 6 heteroatoms. The average Bonchev–Trinajstić information content (AvgIpc) is 2.63. The van der Waals surface area contributed by atoms with Gasteiger partial charge in [0.05, 0.1) is 15.2 Å². The van der Waals surface area contributed by atoms with Crippen LogP contribution in [0.15, 0.2) is 22.7 Å². The quantitative estimate of drug-likeness (QED) is 0.829. The van der Waals surface area contributed by atoms with Gasteiger partial charge in [-0.25, -0.2) is 4.79 Å². The maximum atomic E-state index is 12.1. The number of halogens is 2. The number of carbonyl (C=O) groups is 1. The number of nitrogens with zero attached hydrogens (tertiary/aromatic N) is 1. The number of hydrogen-bond donors (Lipinski definition) is 1. The molecule has 1 aromatic carbocycles. The van der Waals surface area contributed by atoms with Crippen molar-refractivity contribution in [2.75, 3.05) is 29.9 Å². The lowest BCUT2D eigenvalue weighted by molar-refractivity contribution is 0.216. The van der Waals surface area contributed by atoms with E-state index in [9.17, 15) is 4.79 Å². The van der Waals surface area contributed by atoms with Crippen molar-refractivity contribution in [3.05, 3.63) is 27.7 Å². The molecule has 0 atom stereocenters. The summed E-state index contributed by atoms with van der Waals surface area (Å²) in [7, 11) is 0. The molecule has 2 rings (SSSR count). The van der Waals surface area contributed by atoms with Crippen molar-refractivity contribution in [2.24, 2.45) is 0 Å². The highest BCUT2D eigenvalue weighted by atomic mass is 79.9. The highest BCUT2D eigenvalue weighted by molar-refractivity contribution is 9.10. The van der Waals surface area contributed by atoms with E-state index in [2.05, 4.69) is 21.2 Å². The molecule has 1 aromatic rings. The van der Waals surface area contributed by atoms with Crippen LogP contribution < -0.4 is 5.32 Å². The van der Waals surface area contributed by atoms with Crippen LogP contribution in [0, 0.1) is 0 Å². The van der Waals surface area contributed by atoms with Crippen molar-refractivity contribution in [3.63, 3.8) is 0 Å². The Morgan fingerprint density at radius 3 is 3.06 bits per heavy atom. The molecule has 98 valence electrons. The van der Waals surface area contributed by atoms with Gasteiger partial charge in [0.2, 0.25) is 0 Å². The monoisotopic (exact) mass is 348 g/mol. The molecule has 0 aromatic heterocycles. The largest absolute Gasteiger partial charge is 0.324 e. The van der Waals surface area contributed by atoms with Gasteiger partial charge in [0.1, 0.15) is 0 Å². The van der Waals surface area contributed by atoms with Gasteiger partial charge in [-0.2, -0.15) is 11.8 Å². The molecule has 3 nitrogen and oxygen atoms in total. The zero-order chi connectivity index (χ0) is 13.0. The molecule has 18 heavy (non-hydrogen) atoms. The Bertz CT molecular complexity index is 436. The van der Waals surface area contributed by atoms with Gasteiger partial charge in [-0.15, -0.1) is 0 Å². The first-order valence-corrected chi connectivity index (χ1v) is 8.09. The average molecular weight is 350 g/mol. The van der Waals surface area contributed by atoms with Gasteiger partial charge in [0.15, 0.2) is 0 Å². The Kier molecular flexibility index (Phi) is 5.21. The Morgan fingerprint density at radius 2 is 2.22 bits per heavy atom. The van der Waals surface area contributed by atoms with Gasteiger partial charge in [0, 0.05) is 18.8 Å². The summed E-state index contributed by atoms with van der Waals surface area (Å²) in [4.78, 5) is 14.0. The van der Waals surface area contributed by atoms with Crippen LogP contribution in [-0.4, -0.2) is 35.5 Å². The molecular formula is C12H14BrClN2OS. The molecule has 1 fully saturated rings. The molecule has 1 saturated heterocycles. The van der Waals surface area contributed by atoms with Gasteiger partial charge in [-0.05, 0) is 40.2 Å². The number of urea groups is 1. The first-order valence-electron chi connectivity index (χ1n) is 5.76. The standard InChI is InChI=1S/C12H14BrClN2OS/c13-11-9(14)3-1-4-10(11)15-12(17)16-5-2-7-18-8-6-16/h1,3-4H,2,5-8H2,(H,15,17). The van der Waals surface area contributed by atoms with E-state index in [4.69, 9.17) is 11.6 Å². The lowest BCUT2D eigenvalue weighted by Crippen LogP contribution is -2.36. The van der Waals surface area contributed by atoms with Gasteiger partial charge in [-0.3, -0.25) is 0 Å². The molecule has 1 aliphatic rings. The fourth-order valence-electron chi connectivity index (χ4n) is 1.74. The fourth-order valence-corrected chi connectivity index (χ4v) is 3.17. The van der Waals surface area contributed by atoms with Crippen molar-refractivity contribution in [3.8, 4) is 0 Å². The topological polar surface area (TPSA) is 32.3 Å². The Morgan fingerprint density at radius 1 is 1.39 bits per heavy atom. The molecule has 1 aliphatic heterocycles. The second-order valence-electron chi connectivity index (χ2n) is 3.98. The van der Waals surface area contributed by atoms with Crippen molar-refractivity contribution < 1.29 is 4.79 Å². The van der Waals surface area contributed by atoms with Crippen molar-refractivity contribution in [1.82, 2.24) is 4.90 Å². The van der Waals surface area contributed by atoms with E-state index in [-0.39, 0.29) is 6.03 Å². The predicted octanol–water partition coefficient (Wildman–Crippen LogP) is 4.07. The van der Waals surface area contributed by atoms with Crippen LogP contribution in [0.4, 0.5) is 10.5 Å². The van der Waals surface area contributed by atoms with Crippen LogP contribution in [0.5, 0.6) is 0 Å². The number of hydrogen-bond acceptors (Lipinski definition) is 2. The molecule has 0 radical (unpaired) electrons. The zero-order valence-electron chi connectivity index (χ0n) is 9.79. The summed E-state index contributed by atoms with van der Waals surface area (Å²) in [5.41, 5.74) is 0.712. The molecule has 1 N–H and O–H groups in total. The lowest BCUT2D eigenvalue weighted by atomic mass is 10.3. The minimum Gasteiger partial charge on any atom is -0.324 e. The third-order valence-electron chi connectivity index (χ3n) is 2.70. The van der Waals surface area contributed by atoms with E-state index in [1.165, 1.54) is 0 Å². The fraction of sp³-hybridized carbons (Fsp3) is 0.417. The molecule has 2 amide bonds. The Balaban J connectivity index is 2.03. The van der Waals surface area contributed by atoms with E-state index < -0.39 is 0 Å². The van der Waals surface area contributed by atoms with Gasteiger partial charge >= 0.3 is 6.03 Å². The zero-order valence-corrected chi connectivity index (χ0v) is 12.9. The number of amides is 2. The van der Waals surface area contributed by atoms with Crippen LogP contribution >= 0.6 is 39.3 Å². The minimum absolute atomic E-state index is 0.0551. The summed E-state index contributed by atoms with van der Waals surface area (Å²) in [5.74, 6) is 2.13. The summed E-state index contributed by atoms with van der Waals surface area (Å²) in [6.07, 6.45) is 1.05. The molecule has 0 bridgehead atoms. The number of anilines is 1. The number of rotatable bonds is 1. The van der Waals surface area contributed by atoms with E-state index in [1.807, 2.05) is 28.8 Å². The Hall–Kier alpha value is -0.390. The second kappa shape index (κ2) is 6.68. The number of thioether (sulfide) groups is 1. The normalized spacial score (nSPS) is 16.2. The van der Waals surface area contributed by atoms with Crippen LogP contribution in [0.25, 0.3) is 0 Å². The molecule has 0 saturated carbocycles. The SMILES string of the molecule is O=C(Nc1cccc(Cl)c1Br)N1CCCSCC1.